The number of amides is 2. The number of hydrogen-bond donors (Lipinski definition) is 2. The Kier molecular flexibility index (Phi) is 4.61. The highest BCUT2D eigenvalue weighted by Gasteiger charge is 2.29. The lowest BCUT2D eigenvalue weighted by molar-refractivity contribution is -0.116. The molecule has 2 aliphatic rings. The number of piperazine rings is 1. The lowest BCUT2D eigenvalue weighted by Crippen LogP contribution is -2.53. The zero-order valence-corrected chi connectivity index (χ0v) is 13.3. The molecule has 23 heavy (non-hydrogen) atoms. The summed E-state index contributed by atoms with van der Waals surface area (Å²) < 4.78 is 14.4. The molecule has 1 unspecified atom stereocenters. The van der Waals surface area contributed by atoms with Crippen molar-refractivity contribution >= 4 is 17.5 Å². The van der Waals surface area contributed by atoms with Crippen LogP contribution in [0.25, 0.3) is 0 Å². The molecule has 1 saturated heterocycles. The Bertz CT molecular complexity index is 631. The van der Waals surface area contributed by atoms with Gasteiger partial charge in [-0.15, -0.1) is 0 Å². The van der Waals surface area contributed by atoms with Gasteiger partial charge in [0.2, 0.25) is 5.91 Å². The first-order valence-electron chi connectivity index (χ1n) is 8.24. The highest BCUT2D eigenvalue weighted by molar-refractivity contribution is 5.98. The average molecular weight is 319 g/mol. The number of fused-ring (bicyclic) bond motifs is 1. The van der Waals surface area contributed by atoms with Crippen LogP contribution in [0.3, 0.4) is 0 Å². The second kappa shape index (κ2) is 6.66. The molecule has 2 aliphatic heterocycles. The third-order valence-corrected chi connectivity index (χ3v) is 4.55. The molecule has 1 atom stereocenters. The zero-order chi connectivity index (χ0) is 16.4. The van der Waals surface area contributed by atoms with Crippen LogP contribution in [0.15, 0.2) is 12.1 Å². The molecule has 124 valence electrons. The van der Waals surface area contributed by atoms with E-state index < -0.39 is 5.82 Å². The summed E-state index contributed by atoms with van der Waals surface area (Å²) >= 11 is 0. The van der Waals surface area contributed by atoms with E-state index in [0.717, 1.165) is 31.5 Å². The molecule has 0 aliphatic carbocycles. The van der Waals surface area contributed by atoms with Gasteiger partial charge in [-0.3, -0.25) is 9.59 Å². The highest BCUT2D eigenvalue weighted by Crippen LogP contribution is 2.27. The van der Waals surface area contributed by atoms with E-state index >= 15 is 0 Å². The molecule has 2 N–H and O–H groups in total. The predicted molar refractivity (Wildman–Crippen MR) is 86.0 cm³/mol. The van der Waals surface area contributed by atoms with Crippen molar-refractivity contribution < 1.29 is 14.0 Å². The molecule has 0 saturated carbocycles. The third kappa shape index (κ3) is 3.22. The number of hydrogen-bond acceptors (Lipinski definition) is 3. The normalized spacial score (nSPS) is 20.9. The van der Waals surface area contributed by atoms with Crippen molar-refractivity contribution in [1.29, 1.82) is 0 Å². The van der Waals surface area contributed by atoms with Crippen molar-refractivity contribution in [2.45, 2.75) is 38.6 Å². The Hall–Kier alpha value is -1.95. The molecule has 1 aromatic rings. The molecule has 6 heteroatoms. The van der Waals surface area contributed by atoms with Gasteiger partial charge in [-0.2, -0.15) is 0 Å². The van der Waals surface area contributed by atoms with Gasteiger partial charge < -0.3 is 15.5 Å². The first-order valence-corrected chi connectivity index (χ1v) is 8.24. The largest absolute Gasteiger partial charge is 0.333 e. The number of aryl methyl sites for hydroxylation is 1. The van der Waals surface area contributed by atoms with Gasteiger partial charge in [-0.05, 0) is 30.5 Å². The molecule has 0 spiro atoms. The Balaban J connectivity index is 1.88. The monoisotopic (exact) mass is 319 g/mol. The van der Waals surface area contributed by atoms with Crippen molar-refractivity contribution in [3.05, 3.63) is 29.1 Å². The summed E-state index contributed by atoms with van der Waals surface area (Å²) in [5, 5.41) is 5.95. The SMILES string of the molecule is CCCC1CNCCN1C(=O)c1cc2c(cc1F)NC(=O)CC2. The lowest BCUT2D eigenvalue weighted by Gasteiger charge is -2.36. The van der Waals surface area contributed by atoms with Gasteiger partial charge in [-0.25, -0.2) is 4.39 Å². The minimum Gasteiger partial charge on any atom is -0.333 e. The van der Waals surface area contributed by atoms with Crippen molar-refractivity contribution in [2.75, 3.05) is 25.0 Å². The summed E-state index contributed by atoms with van der Waals surface area (Å²) in [6.45, 7) is 4.16. The number of carbonyl (C=O) groups is 2. The smallest absolute Gasteiger partial charge is 0.257 e. The van der Waals surface area contributed by atoms with Crippen LogP contribution in [0, 0.1) is 5.82 Å². The van der Waals surface area contributed by atoms with Gasteiger partial charge in [0.25, 0.3) is 5.91 Å². The maximum Gasteiger partial charge on any atom is 0.257 e. The summed E-state index contributed by atoms with van der Waals surface area (Å²) in [7, 11) is 0. The molecule has 0 radical (unpaired) electrons. The number of halogens is 1. The van der Waals surface area contributed by atoms with Gasteiger partial charge in [0.15, 0.2) is 0 Å². The highest BCUT2D eigenvalue weighted by atomic mass is 19.1. The molecule has 0 aromatic heterocycles. The quantitative estimate of drug-likeness (QED) is 0.895. The van der Waals surface area contributed by atoms with Gasteiger partial charge >= 0.3 is 0 Å². The first-order chi connectivity index (χ1) is 11.1. The van der Waals surface area contributed by atoms with E-state index in [1.165, 1.54) is 6.07 Å². The minimum atomic E-state index is -0.565. The number of rotatable bonds is 3. The third-order valence-electron chi connectivity index (χ3n) is 4.55. The number of carbonyl (C=O) groups excluding carboxylic acids is 2. The van der Waals surface area contributed by atoms with Crippen LogP contribution < -0.4 is 10.6 Å². The van der Waals surface area contributed by atoms with E-state index in [4.69, 9.17) is 0 Å². The zero-order valence-electron chi connectivity index (χ0n) is 13.3. The molecular weight excluding hydrogens is 297 g/mol. The van der Waals surface area contributed by atoms with Crippen molar-refractivity contribution in [2.24, 2.45) is 0 Å². The maximum absolute atomic E-state index is 14.4. The van der Waals surface area contributed by atoms with E-state index in [1.54, 1.807) is 11.0 Å². The summed E-state index contributed by atoms with van der Waals surface area (Å²) in [5.41, 5.74) is 1.43. The van der Waals surface area contributed by atoms with Gasteiger partial charge in [0.1, 0.15) is 5.82 Å². The van der Waals surface area contributed by atoms with E-state index in [2.05, 4.69) is 17.6 Å². The van der Waals surface area contributed by atoms with Crippen LogP contribution in [0.5, 0.6) is 0 Å². The summed E-state index contributed by atoms with van der Waals surface area (Å²) in [6, 6.07) is 2.99. The Morgan fingerprint density at radius 2 is 2.22 bits per heavy atom. The maximum atomic E-state index is 14.4. The Morgan fingerprint density at radius 3 is 3.00 bits per heavy atom. The van der Waals surface area contributed by atoms with Crippen LogP contribution >= 0.6 is 0 Å². The second-order valence-electron chi connectivity index (χ2n) is 6.18. The number of benzene rings is 1. The molecule has 3 rings (SSSR count). The standard InChI is InChI=1S/C17H22FN3O2/c1-2-3-12-10-19-6-7-21(12)17(23)13-8-11-4-5-16(22)20-15(11)9-14(13)18/h8-9,12,19H,2-7,10H2,1H3,(H,20,22). The fraction of sp³-hybridized carbons (Fsp3) is 0.529. The molecule has 2 amide bonds. The average Bonchev–Trinajstić information content (AvgIpc) is 2.54. The summed E-state index contributed by atoms with van der Waals surface area (Å²) in [4.78, 5) is 26.0. The van der Waals surface area contributed by atoms with Gasteiger partial charge in [-0.1, -0.05) is 13.3 Å². The number of anilines is 1. The van der Waals surface area contributed by atoms with Crippen LogP contribution in [0.4, 0.5) is 10.1 Å². The fourth-order valence-corrected chi connectivity index (χ4v) is 3.34. The molecule has 5 nitrogen and oxygen atoms in total. The van der Waals surface area contributed by atoms with E-state index in [1.807, 2.05) is 0 Å². The van der Waals surface area contributed by atoms with Crippen molar-refractivity contribution in [1.82, 2.24) is 10.2 Å². The van der Waals surface area contributed by atoms with Gasteiger partial charge in [0, 0.05) is 37.8 Å². The van der Waals surface area contributed by atoms with Crippen LogP contribution in [0.2, 0.25) is 0 Å². The van der Waals surface area contributed by atoms with Crippen LogP contribution in [-0.4, -0.2) is 42.4 Å². The lowest BCUT2D eigenvalue weighted by atomic mass is 9.98. The van der Waals surface area contributed by atoms with Crippen LogP contribution in [0.1, 0.15) is 42.1 Å². The summed E-state index contributed by atoms with van der Waals surface area (Å²) in [5.74, 6) is -0.923. The predicted octanol–water partition coefficient (Wildman–Crippen LogP) is 1.92. The Labute approximate surface area is 135 Å². The summed E-state index contributed by atoms with van der Waals surface area (Å²) in [6.07, 6.45) is 2.80. The minimum absolute atomic E-state index is 0.108. The molecule has 1 fully saturated rings. The number of nitrogens with zero attached hydrogens (tertiary/aromatic N) is 1. The first kappa shape index (κ1) is 15.9. The van der Waals surface area contributed by atoms with E-state index in [9.17, 15) is 14.0 Å². The second-order valence-corrected chi connectivity index (χ2v) is 6.18. The number of nitrogens with one attached hydrogen (secondary N) is 2. The van der Waals surface area contributed by atoms with Crippen molar-refractivity contribution in [3.8, 4) is 0 Å². The molecule has 1 aromatic carbocycles. The molecule has 0 bridgehead atoms. The molecule has 2 heterocycles. The van der Waals surface area contributed by atoms with Crippen LogP contribution in [-0.2, 0) is 11.2 Å². The van der Waals surface area contributed by atoms with E-state index in [-0.39, 0.29) is 23.4 Å². The van der Waals surface area contributed by atoms with Gasteiger partial charge in [0.05, 0.1) is 5.56 Å². The van der Waals surface area contributed by atoms with Crippen molar-refractivity contribution in [3.63, 3.8) is 0 Å². The fourth-order valence-electron chi connectivity index (χ4n) is 3.34. The topological polar surface area (TPSA) is 61.4 Å². The van der Waals surface area contributed by atoms with E-state index in [0.29, 0.717) is 25.1 Å². The Morgan fingerprint density at radius 1 is 1.39 bits per heavy atom. The molecular formula is C17H22FN3O2.